The van der Waals surface area contributed by atoms with Crippen molar-refractivity contribution in [3.63, 3.8) is 0 Å². The molecule has 4 nitrogen and oxygen atoms in total. The lowest BCUT2D eigenvalue weighted by atomic mass is 9.83. The van der Waals surface area contributed by atoms with Gasteiger partial charge in [0.15, 0.2) is 11.6 Å². The Morgan fingerprint density at radius 3 is 2.26 bits per heavy atom. The summed E-state index contributed by atoms with van der Waals surface area (Å²) in [6.07, 6.45) is 4.30. The average Bonchev–Trinajstić information content (AvgIpc) is 2.49. The van der Waals surface area contributed by atoms with Crippen molar-refractivity contribution >= 4 is 17.5 Å². The molecule has 1 aliphatic heterocycles. The molecule has 6 heteroatoms. The fraction of sp³-hybridized carbons (Fsp3) is 0.529. The summed E-state index contributed by atoms with van der Waals surface area (Å²) in [6, 6.07) is 3.30. The van der Waals surface area contributed by atoms with E-state index in [9.17, 15) is 18.4 Å². The van der Waals surface area contributed by atoms with Gasteiger partial charge in [0, 0.05) is 36.7 Å². The van der Waals surface area contributed by atoms with Crippen molar-refractivity contribution in [2.45, 2.75) is 32.1 Å². The van der Waals surface area contributed by atoms with Crippen LogP contribution in [0.3, 0.4) is 0 Å². The van der Waals surface area contributed by atoms with Gasteiger partial charge in [-0.3, -0.25) is 9.59 Å². The van der Waals surface area contributed by atoms with Crippen LogP contribution in [0, 0.1) is 23.5 Å². The standard InChI is InChI=1S/C17H20F2N2O2/c18-14-5-4-13(10-15(14)19)20-16(22)11-6-8-21(9-7-11)17(23)12-2-1-3-12/h4-5,10-12H,1-3,6-9H2,(H,20,22). The first-order valence-electron chi connectivity index (χ1n) is 8.09. The number of amides is 2. The van der Waals surface area contributed by atoms with Gasteiger partial charge >= 0.3 is 0 Å². The van der Waals surface area contributed by atoms with Crippen LogP contribution in [-0.4, -0.2) is 29.8 Å². The molecule has 1 aromatic rings. The summed E-state index contributed by atoms with van der Waals surface area (Å²) in [6.45, 7) is 1.18. The summed E-state index contributed by atoms with van der Waals surface area (Å²) in [4.78, 5) is 26.2. The van der Waals surface area contributed by atoms with E-state index in [2.05, 4.69) is 5.32 Å². The molecule has 0 radical (unpaired) electrons. The first kappa shape index (κ1) is 15.9. The molecule has 0 bridgehead atoms. The number of rotatable bonds is 3. The molecular formula is C17H20F2N2O2. The van der Waals surface area contributed by atoms with Crippen molar-refractivity contribution < 1.29 is 18.4 Å². The number of hydrogen-bond donors (Lipinski definition) is 1. The second kappa shape index (κ2) is 6.64. The predicted octanol–water partition coefficient (Wildman–Crippen LogP) is 2.94. The molecule has 1 N–H and O–H groups in total. The minimum Gasteiger partial charge on any atom is -0.342 e. The molecule has 0 spiro atoms. The number of anilines is 1. The number of carbonyl (C=O) groups excluding carboxylic acids is 2. The van der Waals surface area contributed by atoms with Crippen molar-refractivity contribution in [1.29, 1.82) is 0 Å². The van der Waals surface area contributed by atoms with Crippen LogP contribution in [0.4, 0.5) is 14.5 Å². The maximum absolute atomic E-state index is 13.2. The van der Waals surface area contributed by atoms with Crippen molar-refractivity contribution in [3.05, 3.63) is 29.8 Å². The van der Waals surface area contributed by atoms with Gasteiger partial charge in [-0.15, -0.1) is 0 Å². The zero-order valence-corrected chi connectivity index (χ0v) is 12.9. The van der Waals surface area contributed by atoms with Gasteiger partial charge in [0.2, 0.25) is 11.8 Å². The number of halogens is 2. The van der Waals surface area contributed by atoms with Crippen LogP contribution in [0.5, 0.6) is 0 Å². The number of nitrogens with zero attached hydrogens (tertiary/aromatic N) is 1. The molecule has 2 fully saturated rings. The Bertz CT molecular complexity index is 609. The fourth-order valence-electron chi connectivity index (χ4n) is 3.09. The summed E-state index contributed by atoms with van der Waals surface area (Å²) in [5, 5.41) is 2.62. The van der Waals surface area contributed by atoms with Gasteiger partial charge in [0.1, 0.15) is 0 Å². The average molecular weight is 322 g/mol. The highest BCUT2D eigenvalue weighted by atomic mass is 19.2. The van der Waals surface area contributed by atoms with Crippen LogP contribution < -0.4 is 5.32 Å². The summed E-state index contributed by atoms with van der Waals surface area (Å²) in [5.41, 5.74) is 0.252. The molecule has 124 valence electrons. The Morgan fingerprint density at radius 2 is 1.70 bits per heavy atom. The smallest absolute Gasteiger partial charge is 0.227 e. The van der Waals surface area contributed by atoms with E-state index in [1.54, 1.807) is 0 Å². The zero-order valence-electron chi connectivity index (χ0n) is 12.9. The summed E-state index contributed by atoms with van der Waals surface area (Å²) >= 11 is 0. The van der Waals surface area contributed by atoms with Crippen molar-refractivity contribution in [2.75, 3.05) is 18.4 Å². The van der Waals surface area contributed by atoms with E-state index in [1.807, 2.05) is 4.90 Å². The minimum absolute atomic E-state index is 0.183. The molecule has 0 unspecified atom stereocenters. The van der Waals surface area contributed by atoms with Crippen molar-refractivity contribution in [1.82, 2.24) is 4.90 Å². The fourth-order valence-corrected chi connectivity index (χ4v) is 3.09. The molecule has 1 aliphatic carbocycles. The molecular weight excluding hydrogens is 302 g/mol. The van der Waals surface area contributed by atoms with Crippen LogP contribution in [0.15, 0.2) is 18.2 Å². The normalized spacial score (nSPS) is 19.3. The molecule has 0 aromatic heterocycles. The Kier molecular flexibility index (Phi) is 4.59. The molecule has 2 aliphatic rings. The molecule has 1 saturated carbocycles. The van der Waals surface area contributed by atoms with E-state index in [0.29, 0.717) is 25.9 Å². The topological polar surface area (TPSA) is 49.4 Å². The maximum atomic E-state index is 13.2. The number of benzene rings is 1. The molecule has 1 saturated heterocycles. The predicted molar refractivity (Wildman–Crippen MR) is 81.6 cm³/mol. The number of piperidine rings is 1. The number of hydrogen-bond acceptors (Lipinski definition) is 2. The number of nitrogens with one attached hydrogen (secondary N) is 1. The zero-order chi connectivity index (χ0) is 16.4. The lowest BCUT2D eigenvalue weighted by Gasteiger charge is -2.36. The molecule has 0 atom stereocenters. The third kappa shape index (κ3) is 3.51. The highest BCUT2D eigenvalue weighted by molar-refractivity contribution is 5.92. The highest BCUT2D eigenvalue weighted by Crippen LogP contribution is 2.30. The van der Waals surface area contributed by atoms with E-state index in [1.165, 1.54) is 6.07 Å². The first-order valence-corrected chi connectivity index (χ1v) is 8.09. The summed E-state index contributed by atoms with van der Waals surface area (Å²) in [5.74, 6) is -1.92. The van der Waals surface area contributed by atoms with Gasteiger partial charge < -0.3 is 10.2 Å². The Balaban J connectivity index is 1.51. The second-order valence-electron chi connectivity index (χ2n) is 6.35. The van der Waals surface area contributed by atoms with Crippen LogP contribution in [-0.2, 0) is 9.59 Å². The van der Waals surface area contributed by atoms with E-state index in [4.69, 9.17) is 0 Å². The van der Waals surface area contributed by atoms with Crippen LogP contribution in [0.2, 0.25) is 0 Å². The Morgan fingerprint density at radius 1 is 1.00 bits per heavy atom. The Labute approximate surface area is 133 Å². The van der Waals surface area contributed by atoms with Gasteiger partial charge in [0.25, 0.3) is 0 Å². The Hall–Kier alpha value is -1.98. The quantitative estimate of drug-likeness (QED) is 0.930. The van der Waals surface area contributed by atoms with Gasteiger partial charge in [-0.05, 0) is 37.8 Å². The monoisotopic (exact) mass is 322 g/mol. The molecule has 1 heterocycles. The van der Waals surface area contributed by atoms with Crippen LogP contribution >= 0.6 is 0 Å². The second-order valence-corrected chi connectivity index (χ2v) is 6.35. The van der Waals surface area contributed by atoms with Gasteiger partial charge in [-0.25, -0.2) is 8.78 Å². The van der Waals surface area contributed by atoms with E-state index in [0.717, 1.165) is 31.4 Å². The molecule has 1 aromatic carbocycles. The van der Waals surface area contributed by atoms with Crippen LogP contribution in [0.25, 0.3) is 0 Å². The third-order valence-electron chi connectivity index (χ3n) is 4.82. The summed E-state index contributed by atoms with van der Waals surface area (Å²) in [7, 11) is 0. The maximum Gasteiger partial charge on any atom is 0.227 e. The molecule has 2 amide bonds. The SMILES string of the molecule is O=C(Nc1ccc(F)c(F)c1)C1CCN(C(=O)C2CCC2)CC1. The molecule has 3 rings (SSSR count). The van der Waals surface area contributed by atoms with Crippen LogP contribution in [0.1, 0.15) is 32.1 Å². The molecule has 23 heavy (non-hydrogen) atoms. The summed E-state index contributed by atoms with van der Waals surface area (Å²) < 4.78 is 26.0. The number of likely N-dealkylation sites (tertiary alicyclic amines) is 1. The lowest BCUT2D eigenvalue weighted by molar-refractivity contribution is -0.140. The van der Waals surface area contributed by atoms with Gasteiger partial charge in [-0.2, -0.15) is 0 Å². The number of carbonyl (C=O) groups is 2. The van der Waals surface area contributed by atoms with E-state index in [-0.39, 0.29) is 29.3 Å². The lowest BCUT2D eigenvalue weighted by Crippen LogP contribution is -2.45. The van der Waals surface area contributed by atoms with Crippen molar-refractivity contribution in [3.8, 4) is 0 Å². The van der Waals surface area contributed by atoms with E-state index >= 15 is 0 Å². The van der Waals surface area contributed by atoms with Gasteiger partial charge in [-0.1, -0.05) is 6.42 Å². The van der Waals surface area contributed by atoms with Crippen molar-refractivity contribution in [2.24, 2.45) is 11.8 Å². The minimum atomic E-state index is -0.983. The van der Waals surface area contributed by atoms with E-state index < -0.39 is 11.6 Å². The largest absolute Gasteiger partial charge is 0.342 e. The highest BCUT2D eigenvalue weighted by Gasteiger charge is 2.33. The third-order valence-corrected chi connectivity index (χ3v) is 4.82. The first-order chi connectivity index (χ1) is 11.0. The van der Waals surface area contributed by atoms with Gasteiger partial charge in [0.05, 0.1) is 0 Å².